The van der Waals surface area contributed by atoms with E-state index >= 15 is 0 Å². The summed E-state index contributed by atoms with van der Waals surface area (Å²) < 4.78 is 0. The maximum Gasteiger partial charge on any atom is 0.255 e. The molecular weight excluding hydrogens is 290 g/mol. The highest BCUT2D eigenvalue weighted by atomic mass is 16.2. The lowest BCUT2D eigenvalue weighted by Gasteiger charge is -2.33. The van der Waals surface area contributed by atoms with Crippen LogP contribution in [0.1, 0.15) is 43.0 Å². The van der Waals surface area contributed by atoms with Crippen LogP contribution in [0.2, 0.25) is 0 Å². The van der Waals surface area contributed by atoms with Crippen molar-refractivity contribution in [2.75, 3.05) is 32.4 Å². The Hall–Kier alpha value is -2.04. The van der Waals surface area contributed by atoms with Gasteiger partial charge in [-0.05, 0) is 31.4 Å². The van der Waals surface area contributed by atoms with E-state index in [2.05, 4.69) is 6.92 Å². The first-order valence-electron chi connectivity index (χ1n) is 8.43. The van der Waals surface area contributed by atoms with E-state index in [1.807, 2.05) is 29.0 Å². The maximum atomic E-state index is 12.5. The number of carbonyl (C=O) groups excluding carboxylic acids is 2. The minimum atomic E-state index is -0.0339. The first-order chi connectivity index (χ1) is 11.0. The fourth-order valence-corrected chi connectivity index (χ4v) is 3.01. The molecule has 1 heterocycles. The van der Waals surface area contributed by atoms with E-state index in [0.29, 0.717) is 24.3 Å². The van der Waals surface area contributed by atoms with Crippen molar-refractivity contribution in [2.45, 2.75) is 32.6 Å². The second-order valence-electron chi connectivity index (χ2n) is 6.27. The summed E-state index contributed by atoms with van der Waals surface area (Å²) >= 11 is 0. The average molecular weight is 317 g/mol. The smallest absolute Gasteiger partial charge is 0.255 e. The van der Waals surface area contributed by atoms with Crippen molar-refractivity contribution in [1.82, 2.24) is 9.80 Å². The molecule has 2 N–H and O–H groups in total. The monoisotopic (exact) mass is 317 g/mol. The van der Waals surface area contributed by atoms with Crippen LogP contribution in [0.15, 0.2) is 24.3 Å². The second kappa shape index (κ2) is 7.99. The lowest BCUT2D eigenvalue weighted by Crippen LogP contribution is -2.43. The van der Waals surface area contributed by atoms with Gasteiger partial charge >= 0.3 is 0 Å². The largest absolute Gasteiger partial charge is 0.398 e. The number of hydrogen-bond acceptors (Lipinski definition) is 3. The van der Waals surface area contributed by atoms with E-state index in [1.54, 1.807) is 12.1 Å². The number of carbonyl (C=O) groups is 2. The number of amides is 2. The maximum absolute atomic E-state index is 12.5. The van der Waals surface area contributed by atoms with Crippen molar-refractivity contribution in [3.8, 4) is 0 Å². The number of rotatable bonds is 5. The third-order valence-corrected chi connectivity index (χ3v) is 4.55. The van der Waals surface area contributed by atoms with Gasteiger partial charge < -0.3 is 15.5 Å². The predicted molar refractivity (Wildman–Crippen MR) is 92.0 cm³/mol. The van der Waals surface area contributed by atoms with Gasteiger partial charge in [0.2, 0.25) is 5.91 Å². The third kappa shape index (κ3) is 4.24. The van der Waals surface area contributed by atoms with E-state index in [4.69, 9.17) is 5.73 Å². The van der Waals surface area contributed by atoms with Gasteiger partial charge in [-0.15, -0.1) is 0 Å². The van der Waals surface area contributed by atoms with E-state index in [1.165, 1.54) is 0 Å². The van der Waals surface area contributed by atoms with E-state index in [9.17, 15) is 9.59 Å². The van der Waals surface area contributed by atoms with Crippen LogP contribution in [0.4, 0.5) is 5.69 Å². The van der Waals surface area contributed by atoms with Gasteiger partial charge in [0.1, 0.15) is 0 Å². The number of unbranched alkanes of at least 4 members (excludes halogenated alkanes) is 1. The predicted octanol–water partition coefficient (Wildman–Crippen LogP) is 2.38. The zero-order valence-electron chi connectivity index (χ0n) is 14.1. The van der Waals surface area contributed by atoms with Crippen LogP contribution < -0.4 is 5.73 Å². The zero-order valence-corrected chi connectivity index (χ0v) is 14.1. The van der Waals surface area contributed by atoms with Gasteiger partial charge in [-0.3, -0.25) is 9.59 Å². The van der Waals surface area contributed by atoms with Crippen LogP contribution in [0.3, 0.4) is 0 Å². The number of nitrogens with zero attached hydrogens (tertiary/aromatic N) is 2. The number of piperidine rings is 1. The highest BCUT2D eigenvalue weighted by Gasteiger charge is 2.29. The molecule has 0 unspecified atom stereocenters. The van der Waals surface area contributed by atoms with Gasteiger partial charge in [0.25, 0.3) is 5.91 Å². The van der Waals surface area contributed by atoms with Gasteiger partial charge in [0.15, 0.2) is 0 Å². The van der Waals surface area contributed by atoms with Crippen molar-refractivity contribution < 1.29 is 9.59 Å². The Kier molecular flexibility index (Phi) is 6.02. The van der Waals surface area contributed by atoms with Gasteiger partial charge in [0, 0.05) is 38.3 Å². The number of hydrogen-bond donors (Lipinski definition) is 1. The van der Waals surface area contributed by atoms with Gasteiger partial charge in [0.05, 0.1) is 5.56 Å². The van der Waals surface area contributed by atoms with Crippen LogP contribution in [0.5, 0.6) is 0 Å². The van der Waals surface area contributed by atoms with Gasteiger partial charge in [-0.25, -0.2) is 0 Å². The highest BCUT2D eigenvalue weighted by molar-refractivity contribution is 5.99. The standard InChI is InChI=1S/C18H27N3O2/c1-3-4-11-20(2)17(22)14-9-12-21(13-10-14)18(23)15-7-5-6-8-16(15)19/h5-8,14H,3-4,9-13,19H2,1-2H3. The van der Waals surface area contributed by atoms with Crippen LogP contribution in [-0.4, -0.2) is 48.3 Å². The fourth-order valence-electron chi connectivity index (χ4n) is 3.01. The highest BCUT2D eigenvalue weighted by Crippen LogP contribution is 2.22. The Morgan fingerprint density at radius 3 is 2.52 bits per heavy atom. The van der Waals surface area contributed by atoms with Crippen molar-refractivity contribution in [2.24, 2.45) is 5.92 Å². The summed E-state index contributed by atoms with van der Waals surface area (Å²) in [5.41, 5.74) is 6.94. The minimum absolute atomic E-state index is 0.0339. The summed E-state index contributed by atoms with van der Waals surface area (Å²) in [5.74, 6) is 0.215. The molecule has 1 fully saturated rings. The van der Waals surface area contributed by atoms with Crippen LogP contribution in [0, 0.1) is 5.92 Å². The quantitative estimate of drug-likeness (QED) is 0.848. The normalized spacial score (nSPS) is 15.5. The molecule has 0 aromatic heterocycles. The molecule has 0 saturated carbocycles. The van der Waals surface area contributed by atoms with Crippen molar-refractivity contribution in [1.29, 1.82) is 0 Å². The SMILES string of the molecule is CCCCN(C)C(=O)C1CCN(C(=O)c2ccccc2N)CC1. The summed E-state index contributed by atoms with van der Waals surface area (Å²) in [4.78, 5) is 28.6. The third-order valence-electron chi connectivity index (χ3n) is 4.55. The van der Waals surface area contributed by atoms with Crippen molar-refractivity contribution >= 4 is 17.5 Å². The molecule has 1 saturated heterocycles. The molecule has 5 nitrogen and oxygen atoms in total. The first-order valence-corrected chi connectivity index (χ1v) is 8.43. The molecule has 0 radical (unpaired) electrons. The van der Waals surface area contributed by atoms with E-state index in [0.717, 1.165) is 32.2 Å². The number of nitrogen functional groups attached to an aromatic ring is 1. The Labute approximate surface area is 138 Å². The fraction of sp³-hybridized carbons (Fsp3) is 0.556. The number of para-hydroxylation sites is 1. The number of nitrogens with two attached hydrogens (primary N) is 1. The molecule has 1 aliphatic heterocycles. The molecule has 1 aliphatic rings. The van der Waals surface area contributed by atoms with Crippen molar-refractivity contribution in [3.05, 3.63) is 29.8 Å². The minimum Gasteiger partial charge on any atom is -0.398 e. The molecule has 23 heavy (non-hydrogen) atoms. The molecule has 1 aromatic rings. The Bertz CT molecular complexity index is 551. The summed E-state index contributed by atoms with van der Waals surface area (Å²) in [6.45, 7) is 4.17. The van der Waals surface area contributed by atoms with Crippen LogP contribution in [-0.2, 0) is 4.79 Å². The molecular formula is C18H27N3O2. The molecule has 1 aromatic carbocycles. The number of anilines is 1. The molecule has 5 heteroatoms. The molecule has 2 rings (SSSR count). The lowest BCUT2D eigenvalue weighted by molar-refractivity contribution is -0.135. The van der Waals surface area contributed by atoms with Crippen LogP contribution >= 0.6 is 0 Å². The topological polar surface area (TPSA) is 66.6 Å². The van der Waals surface area contributed by atoms with Crippen molar-refractivity contribution in [3.63, 3.8) is 0 Å². The molecule has 0 aliphatic carbocycles. The Morgan fingerprint density at radius 1 is 1.26 bits per heavy atom. The summed E-state index contributed by atoms with van der Waals surface area (Å²) in [7, 11) is 1.88. The second-order valence-corrected chi connectivity index (χ2v) is 6.27. The molecule has 0 spiro atoms. The number of benzene rings is 1. The summed E-state index contributed by atoms with van der Waals surface area (Å²) in [5, 5.41) is 0. The van der Waals surface area contributed by atoms with Gasteiger partial charge in [-0.2, -0.15) is 0 Å². The molecule has 0 atom stereocenters. The Morgan fingerprint density at radius 2 is 1.91 bits per heavy atom. The molecule has 2 amide bonds. The average Bonchev–Trinajstić information content (AvgIpc) is 2.59. The Balaban J connectivity index is 1.90. The summed E-state index contributed by atoms with van der Waals surface area (Å²) in [6.07, 6.45) is 3.58. The summed E-state index contributed by atoms with van der Waals surface area (Å²) in [6, 6.07) is 7.14. The lowest BCUT2D eigenvalue weighted by atomic mass is 9.94. The first kappa shape index (κ1) is 17.3. The zero-order chi connectivity index (χ0) is 16.8. The van der Waals surface area contributed by atoms with Gasteiger partial charge in [-0.1, -0.05) is 25.5 Å². The van der Waals surface area contributed by atoms with E-state index < -0.39 is 0 Å². The van der Waals surface area contributed by atoms with E-state index in [-0.39, 0.29) is 17.7 Å². The number of likely N-dealkylation sites (tertiary alicyclic amines) is 1. The molecule has 126 valence electrons. The van der Waals surface area contributed by atoms with Crippen LogP contribution in [0.25, 0.3) is 0 Å². The molecule has 0 bridgehead atoms.